The number of aromatic nitrogens is 1. The lowest BCUT2D eigenvalue weighted by Crippen LogP contribution is -2.34. The first-order valence-electron chi connectivity index (χ1n) is 9.19. The van der Waals surface area contributed by atoms with Gasteiger partial charge in [-0.15, -0.1) is 0 Å². The van der Waals surface area contributed by atoms with Gasteiger partial charge in [-0.05, 0) is 56.3 Å². The van der Waals surface area contributed by atoms with Gasteiger partial charge >= 0.3 is 0 Å². The van der Waals surface area contributed by atoms with Crippen LogP contribution >= 0.6 is 11.6 Å². The zero-order valence-electron chi connectivity index (χ0n) is 15.7. The van der Waals surface area contributed by atoms with Crippen LogP contribution in [-0.4, -0.2) is 42.0 Å². The van der Waals surface area contributed by atoms with Crippen LogP contribution in [0.2, 0.25) is 5.02 Å². The number of ether oxygens (including phenoxy) is 1. The number of carbonyl (C=O) groups is 1. The second-order valence-electron chi connectivity index (χ2n) is 6.66. The minimum atomic E-state index is 0.0412. The van der Waals surface area contributed by atoms with Crippen LogP contribution in [0.25, 0.3) is 17.8 Å². The Hall–Kier alpha value is -2.30. The van der Waals surface area contributed by atoms with Crippen LogP contribution in [0.3, 0.4) is 0 Å². The van der Waals surface area contributed by atoms with E-state index in [9.17, 15) is 4.79 Å². The lowest BCUT2D eigenvalue weighted by atomic mass is 10.0. The van der Waals surface area contributed by atoms with Crippen molar-refractivity contribution in [3.05, 3.63) is 59.3 Å². The molecule has 3 rings (SSSR count). The molecule has 0 atom stereocenters. The predicted octanol–water partition coefficient (Wildman–Crippen LogP) is 5.09. The lowest BCUT2D eigenvalue weighted by molar-refractivity contribution is 0.0912. The van der Waals surface area contributed by atoms with Crippen molar-refractivity contribution in [1.29, 1.82) is 0 Å². The summed E-state index contributed by atoms with van der Waals surface area (Å²) in [5.41, 5.74) is 2.94. The number of likely N-dealkylation sites (tertiary alicyclic amines) is 1. The summed E-state index contributed by atoms with van der Waals surface area (Å²) in [5, 5.41) is 0.648. The predicted molar refractivity (Wildman–Crippen MR) is 112 cm³/mol. The molecule has 0 spiro atoms. The summed E-state index contributed by atoms with van der Waals surface area (Å²) in [5.74, 6) is 0.545. The van der Waals surface area contributed by atoms with Crippen molar-refractivity contribution in [2.24, 2.45) is 0 Å². The maximum absolute atomic E-state index is 13.2. The van der Waals surface area contributed by atoms with Gasteiger partial charge in [0.25, 0.3) is 0 Å². The molecule has 0 unspecified atom stereocenters. The Morgan fingerprint density at radius 2 is 1.81 bits per heavy atom. The standard InChI is InChI=1S/C22H25ClN2O2/c1-4-18-19(5-2)25(17-11-9-16(23)10-12-17)22(27-3)21(18)20(26)15-24-13-7-6-8-14-24/h4-5,9-12H,1-2,6-8,13-15H2,3H3. The zero-order chi connectivity index (χ0) is 19.4. The van der Waals surface area contributed by atoms with Crippen LogP contribution in [0.1, 0.15) is 40.9 Å². The summed E-state index contributed by atoms with van der Waals surface area (Å²) < 4.78 is 7.58. The molecule has 0 bridgehead atoms. The summed E-state index contributed by atoms with van der Waals surface area (Å²) >= 11 is 6.03. The quantitative estimate of drug-likeness (QED) is 0.623. The van der Waals surface area contributed by atoms with E-state index in [1.165, 1.54) is 6.42 Å². The summed E-state index contributed by atoms with van der Waals surface area (Å²) in [7, 11) is 1.58. The summed E-state index contributed by atoms with van der Waals surface area (Å²) in [6.07, 6.45) is 6.95. The van der Waals surface area contributed by atoms with Crippen molar-refractivity contribution in [1.82, 2.24) is 9.47 Å². The molecule has 4 nitrogen and oxygen atoms in total. The molecule has 1 aromatic heterocycles. The molecule has 2 heterocycles. The molecule has 1 fully saturated rings. The van der Waals surface area contributed by atoms with E-state index in [4.69, 9.17) is 16.3 Å². The van der Waals surface area contributed by atoms with E-state index in [0.717, 1.165) is 42.9 Å². The number of hydrogen-bond donors (Lipinski definition) is 0. The third kappa shape index (κ3) is 3.87. The minimum Gasteiger partial charge on any atom is -0.481 e. The summed E-state index contributed by atoms with van der Waals surface area (Å²) in [4.78, 5) is 15.4. The highest BCUT2D eigenvalue weighted by molar-refractivity contribution is 6.30. The topological polar surface area (TPSA) is 34.5 Å². The largest absolute Gasteiger partial charge is 0.481 e. The third-order valence-electron chi connectivity index (χ3n) is 4.97. The maximum Gasteiger partial charge on any atom is 0.210 e. The number of ketones is 1. The van der Waals surface area contributed by atoms with Crippen LogP contribution in [0.5, 0.6) is 5.88 Å². The van der Waals surface area contributed by atoms with Gasteiger partial charge in [-0.3, -0.25) is 14.3 Å². The molecule has 1 aliphatic rings. The van der Waals surface area contributed by atoms with Gasteiger partial charge in [0.15, 0.2) is 5.78 Å². The van der Waals surface area contributed by atoms with Crippen molar-refractivity contribution in [2.75, 3.05) is 26.7 Å². The van der Waals surface area contributed by atoms with E-state index in [1.54, 1.807) is 19.3 Å². The number of piperidine rings is 1. The number of carbonyl (C=O) groups excluding carboxylic acids is 1. The minimum absolute atomic E-state index is 0.0412. The fourth-order valence-corrected chi connectivity index (χ4v) is 3.83. The maximum atomic E-state index is 13.2. The molecule has 1 saturated heterocycles. The van der Waals surface area contributed by atoms with E-state index in [2.05, 4.69) is 18.1 Å². The zero-order valence-corrected chi connectivity index (χ0v) is 16.5. The van der Waals surface area contributed by atoms with Gasteiger partial charge in [0.05, 0.1) is 24.9 Å². The molecule has 1 aromatic carbocycles. The van der Waals surface area contributed by atoms with Gasteiger partial charge in [0.1, 0.15) is 0 Å². The van der Waals surface area contributed by atoms with Crippen LogP contribution < -0.4 is 4.74 Å². The van der Waals surface area contributed by atoms with Crippen LogP contribution in [-0.2, 0) is 0 Å². The Morgan fingerprint density at radius 1 is 1.15 bits per heavy atom. The number of halogens is 1. The van der Waals surface area contributed by atoms with Crippen molar-refractivity contribution < 1.29 is 9.53 Å². The molecule has 2 aromatic rings. The summed E-state index contributed by atoms with van der Waals surface area (Å²) in [6, 6.07) is 7.41. The van der Waals surface area contributed by atoms with Gasteiger partial charge in [0.2, 0.25) is 5.88 Å². The SMILES string of the molecule is C=Cc1c(C(=O)CN2CCCCC2)c(OC)n(-c2ccc(Cl)cc2)c1C=C. The number of nitrogens with zero attached hydrogens (tertiary/aromatic N) is 2. The molecule has 0 saturated carbocycles. The molecule has 142 valence electrons. The van der Waals surface area contributed by atoms with E-state index >= 15 is 0 Å². The Bertz CT molecular complexity index is 846. The Morgan fingerprint density at radius 3 is 2.37 bits per heavy atom. The average molecular weight is 385 g/mol. The fraction of sp³-hybridized carbons (Fsp3) is 0.318. The highest BCUT2D eigenvalue weighted by Gasteiger charge is 2.27. The second-order valence-corrected chi connectivity index (χ2v) is 7.10. The molecule has 27 heavy (non-hydrogen) atoms. The smallest absolute Gasteiger partial charge is 0.210 e. The Labute approximate surface area is 165 Å². The molecule has 0 aliphatic carbocycles. The van der Waals surface area contributed by atoms with Gasteiger partial charge in [-0.1, -0.05) is 37.3 Å². The second kappa shape index (κ2) is 8.59. The number of rotatable bonds is 7. The monoisotopic (exact) mass is 384 g/mol. The lowest BCUT2D eigenvalue weighted by Gasteiger charge is -2.25. The molecule has 5 heteroatoms. The number of benzene rings is 1. The van der Waals surface area contributed by atoms with Gasteiger partial charge in [-0.25, -0.2) is 0 Å². The van der Waals surface area contributed by atoms with E-state index in [0.29, 0.717) is 23.0 Å². The first kappa shape index (κ1) is 19.5. The van der Waals surface area contributed by atoms with Gasteiger partial charge in [-0.2, -0.15) is 0 Å². The van der Waals surface area contributed by atoms with Crippen LogP contribution in [0.4, 0.5) is 0 Å². The summed E-state index contributed by atoms with van der Waals surface area (Å²) in [6.45, 7) is 10.2. The van der Waals surface area contributed by atoms with E-state index < -0.39 is 0 Å². The normalized spacial score (nSPS) is 14.7. The average Bonchev–Trinajstić information content (AvgIpc) is 3.02. The van der Waals surface area contributed by atoms with Crippen LogP contribution in [0, 0.1) is 0 Å². The third-order valence-corrected chi connectivity index (χ3v) is 5.23. The van der Waals surface area contributed by atoms with Gasteiger partial charge < -0.3 is 4.74 Å². The first-order valence-corrected chi connectivity index (χ1v) is 9.57. The molecule has 1 aliphatic heterocycles. The highest BCUT2D eigenvalue weighted by Crippen LogP contribution is 2.35. The number of hydrogen-bond acceptors (Lipinski definition) is 3. The fourth-order valence-electron chi connectivity index (χ4n) is 3.70. The van der Waals surface area contributed by atoms with E-state index in [1.807, 2.05) is 28.8 Å². The highest BCUT2D eigenvalue weighted by atomic mass is 35.5. The van der Waals surface area contributed by atoms with Crippen molar-refractivity contribution in [2.45, 2.75) is 19.3 Å². The van der Waals surface area contributed by atoms with Crippen molar-refractivity contribution in [3.63, 3.8) is 0 Å². The molecule has 0 amide bonds. The number of Topliss-reactive ketones (excluding diaryl/α,β-unsaturated/α-hetero) is 1. The molecule has 0 N–H and O–H groups in total. The van der Waals surface area contributed by atoms with E-state index in [-0.39, 0.29) is 5.78 Å². The first-order chi connectivity index (χ1) is 13.1. The van der Waals surface area contributed by atoms with Crippen LogP contribution in [0.15, 0.2) is 37.4 Å². The van der Waals surface area contributed by atoms with Crippen molar-refractivity contribution >= 4 is 29.5 Å². The Balaban J connectivity index is 2.09. The van der Waals surface area contributed by atoms with Gasteiger partial charge in [0, 0.05) is 16.3 Å². The molecular weight excluding hydrogens is 360 g/mol. The number of methoxy groups -OCH3 is 1. The van der Waals surface area contributed by atoms with Crippen molar-refractivity contribution in [3.8, 4) is 11.6 Å². The molecule has 0 radical (unpaired) electrons. The Kier molecular flexibility index (Phi) is 6.19. The molecular formula is C22H25ClN2O2.